The number of esters is 1. The van der Waals surface area contributed by atoms with E-state index in [1.807, 2.05) is 62.4 Å². The molecule has 0 unspecified atom stereocenters. The van der Waals surface area contributed by atoms with Gasteiger partial charge in [-0.15, -0.1) is 0 Å². The van der Waals surface area contributed by atoms with Crippen LogP contribution in [0.25, 0.3) is 6.08 Å². The van der Waals surface area contributed by atoms with E-state index >= 15 is 0 Å². The van der Waals surface area contributed by atoms with Crippen LogP contribution in [0.1, 0.15) is 50.4 Å². The van der Waals surface area contributed by atoms with Gasteiger partial charge in [0.15, 0.2) is 4.80 Å². The van der Waals surface area contributed by atoms with E-state index in [9.17, 15) is 9.59 Å². The fraction of sp³-hybridized carbons (Fsp3) is 0.242. The molecule has 0 radical (unpaired) electrons. The smallest absolute Gasteiger partial charge is 0.338 e. The minimum absolute atomic E-state index is 0.116. The maximum atomic E-state index is 14.1. The van der Waals surface area contributed by atoms with Crippen molar-refractivity contribution in [1.29, 1.82) is 0 Å². The van der Waals surface area contributed by atoms with E-state index in [1.165, 1.54) is 11.3 Å². The van der Waals surface area contributed by atoms with E-state index in [1.54, 1.807) is 30.5 Å². The predicted octanol–water partition coefficient (Wildman–Crippen LogP) is 7.84. The Morgan fingerprint density at radius 2 is 1.91 bits per heavy atom. The maximum absolute atomic E-state index is 14.1. The second kappa shape index (κ2) is 14.4. The van der Waals surface area contributed by atoms with Gasteiger partial charge in [-0.1, -0.05) is 58.8 Å². The van der Waals surface area contributed by atoms with Crippen LogP contribution >= 0.6 is 73.1 Å². The fourth-order valence-electron chi connectivity index (χ4n) is 4.89. The Labute approximate surface area is 296 Å². The van der Waals surface area contributed by atoms with Crippen molar-refractivity contribution in [2.75, 3.05) is 6.61 Å². The average Bonchev–Trinajstić information content (AvgIpc) is 3.27. The van der Waals surface area contributed by atoms with Crippen molar-refractivity contribution >= 4 is 85.1 Å². The monoisotopic (exact) mass is 840 g/mol. The zero-order valence-electron chi connectivity index (χ0n) is 24.7. The van der Waals surface area contributed by atoms with Gasteiger partial charge < -0.3 is 14.2 Å². The summed E-state index contributed by atoms with van der Waals surface area (Å²) in [5, 5.41) is 0.948. The molecule has 3 aromatic carbocycles. The zero-order valence-corrected chi connectivity index (χ0v) is 30.8. The number of thiazole rings is 1. The number of nitrogens with zero attached hydrogens (tertiary/aromatic N) is 2. The lowest BCUT2D eigenvalue weighted by Gasteiger charge is -2.26. The van der Waals surface area contributed by atoms with Gasteiger partial charge in [0.1, 0.15) is 24.1 Å². The molecule has 0 N–H and O–H groups in total. The highest BCUT2D eigenvalue weighted by Gasteiger charge is 2.35. The maximum Gasteiger partial charge on any atom is 0.338 e. The van der Waals surface area contributed by atoms with Crippen molar-refractivity contribution in [3.8, 4) is 11.5 Å². The van der Waals surface area contributed by atoms with E-state index < -0.39 is 12.0 Å². The Balaban J connectivity index is 1.57. The molecule has 0 aliphatic carbocycles. The molecule has 45 heavy (non-hydrogen) atoms. The summed E-state index contributed by atoms with van der Waals surface area (Å²) in [5.41, 5.74) is 2.87. The number of allylic oxidation sites excluding steroid dienone is 1. The molecular formula is C33H28BrCl2IN2O5S. The number of carbonyl (C=O) groups is 1. The number of fused-ring (bicyclic) bond motifs is 1. The van der Waals surface area contributed by atoms with Crippen LogP contribution < -0.4 is 24.4 Å². The van der Waals surface area contributed by atoms with Gasteiger partial charge in [-0.2, -0.15) is 0 Å². The van der Waals surface area contributed by atoms with Gasteiger partial charge in [0.05, 0.1) is 46.6 Å². The zero-order chi connectivity index (χ0) is 32.4. The minimum Gasteiger partial charge on any atom is -0.491 e. The molecule has 0 saturated carbocycles. The van der Waals surface area contributed by atoms with Crippen LogP contribution in [0.5, 0.6) is 11.5 Å². The molecule has 234 valence electrons. The number of benzene rings is 3. The summed E-state index contributed by atoms with van der Waals surface area (Å²) in [6, 6.07) is 15.9. The van der Waals surface area contributed by atoms with E-state index in [0.717, 1.165) is 19.2 Å². The highest BCUT2D eigenvalue weighted by molar-refractivity contribution is 14.1. The molecule has 1 atom stereocenters. The lowest BCUT2D eigenvalue weighted by atomic mass is 9.95. The molecule has 1 aliphatic heterocycles. The van der Waals surface area contributed by atoms with Gasteiger partial charge in [-0.05, 0) is 114 Å². The Morgan fingerprint density at radius 1 is 1.16 bits per heavy atom. The highest BCUT2D eigenvalue weighted by Crippen LogP contribution is 2.37. The molecule has 4 aromatic rings. The van der Waals surface area contributed by atoms with Crippen LogP contribution in [-0.2, 0) is 16.1 Å². The topological polar surface area (TPSA) is 79.1 Å². The third kappa shape index (κ3) is 7.35. The molecular weight excluding hydrogens is 814 g/mol. The Hall–Kier alpha value is -2.64. The highest BCUT2D eigenvalue weighted by atomic mass is 127. The van der Waals surface area contributed by atoms with Crippen molar-refractivity contribution in [3.63, 3.8) is 0 Å². The van der Waals surface area contributed by atoms with E-state index in [2.05, 4.69) is 43.5 Å². The molecule has 0 amide bonds. The second-order valence-electron chi connectivity index (χ2n) is 10.4. The lowest BCUT2D eigenvalue weighted by Crippen LogP contribution is -2.40. The first-order chi connectivity index (χ1) is 21.5. The number of hydrogen-bond donors (Lipinski definition) is 0. The van der Waals surface area contributed by atoms with E-state index in [-0.39, 0.29) is 18.3 Å². The van der Waals surface area contributed by atoms with Crippen LogP contribution in [0, 0.1) is 3.57 Å². The van der Waals surface area contributed by atoms with Gasteiger partial charge in [0.2, 0.25) is 0 Å². The predicted molar refractivity (Wildman–Crippen MR) is 190 cm³/mol. The number of aromatic nitrogens is 1. The van der Waals surface area contributed by atoms with Gasteiger partial charge in [0.25, 0.3) is 5.56 Å². The second-order valence-corrected chi connectivity index (χ2v) is 14.2. The molecule has 0 bridgehead atoms. The van der Waals surface area contributed by atoms with Crippen molar-refractivity contribution in [2.24, 2.45) is 4.99 Å². The van der Waals surface area contributed by atoms with Crippen molar-refractivity contribution < 1.29 is 19.0 Å². The molecule has 7 nitrogen and oxygen atoms in total. The summed E-state index contributed by atoms with van der Waals surface area (Å²) in [4.78, 5) is 32.6. The molecule has 2 heterocycles. The summed E-state index contributed by atoms with van der Waals surface area (Å²) in [7, 11) is 0. The molecule has 1 aliphatic rings. The number of halogens is 4. The Kier molecular flexibility index (Phi) is 10.8. The van der Waals surface area contributed by atoms with Gasteiger partial charge in [-0.3, -0.25) is 9.36 Å². The molecule has 1 aromatic heterocycles. The van der Waals surface area contributed by atoms with Crippen LogP contribution in [0.4, 0.5) is 0 Å². The number of para-hydroxylation sites is 1. The molecule has 5 rings (SSSR count). The number of ether oxygens (including phenoxy) is 3. The van der Waals surface area contributed by atoms with Crippen LogP contribution in [0.3, 0.4) is 0 Å². The van der Waals surface area contributed by atoms with Gasteiger partial charge in [0, 0.05) is 5.56 Å². The first-order valence-electron chi connectivity index (χ1n) is 14.0. The Bertz CT molecular complexity index is 1980. The molecule has 12 heteroatoms. The summed E-state index contributed by atoms with van der Waals surface area (Å²) >= 11 is 19.3. The third-order valence-electron chi connectivity index (χ3n) is 6.78. The first kappa shape index (κ1) is 33.7. The van der Waals surface area contributed by atoms with E-state index in [0.29, 0.717) is 54.3 Å². The van der Waals surface area contributed by atoms with Crippen LogP contribution in [0.2, 0.25) is 10.0 Å². The van der Waals surface area contributed by atoms with Crippen LogP contribution in [0.15, 0.2) is 80.1 Å². The first-order valence-corrected chi connectivity index (χ1v) is 17.4. The Morgan fingerprint density at radius 3 is 2.60 bits per heavy atom. The van der Waals surface area contributed by atoms with E-state index in [4.69, 9.17) is 37.4 Å². The fourth-order valence-corrected chi connectivity index (χ4v) is 8.03. The van der Waals surface area contributed by atoms with Gasteiger partial charge >= 0.3 is 5.97 Å². The summed E-state index contributed by atoms with van der Waals surface area (Å²) in [6.07, 6.45) is 1.70. The molecule has 0 fully saturated rings. The molecule has 0 spiro atoms. The third-order valence-corrected chi connectivity index (χ3v) is 9.89. The standard InChI is InChI=1S/C33H28BrCl2IN2O5S/c1-5-42-32(41)28-18(4)38-33-39(29(28)21-8-6-7-9-26(21)44-17(2)3)31(40)27(45-33)15-20-12-22(34)30(25(37)14-20)43-16-19-10-11-23(35)24(36)13-19/h6-15,17,29H,5,16H2,1-4H3/b27-15+/t29-/m0/s1. The van der Waals surface area contributed by atoms with Crippen LogP contribution in [-0.4, -0.2) is 23.2 Å². The summed E-state index contributed by atoms with van der Waals surface area (Å²) < 4.78 is 21.3. The van der Waals surface area contributed by atoms with Gasteiger partial charge in [-0.25, -0.2) is 9.79 Å². The number of hydrogen-bond acceptors (Lipinski definition) is 7. The normalized spacial score (nSPS) is 14.8. The minimum atomic E-state index is -0.776. The number of rotatable bonds is 9. The van der Waals surface area contributed by atoms with Crippen molar-refractivity contribution in [2.45, 2.75) is 46.4 Å². The quantitative estimate of drug-likeness (QED) is 0.127. The largest absolute Gasteiger partial charge is 0.491 e. The molecule has 0 saturated heterocycles. The summed E-state index contributed by atoms with van der Waals surface area (Å²) in [5.74, 6) is 0.725. The van der Waals surface area contributed by atoms with Crippen molar-refractivity contribution in [1.82, 2.24) is 4.57 Å². The summed E-state index contributed by atoms with van der Waals surface area (Å²) in [6.45, 7) is 7.86. The lowest BCUT2D eigenvalue weighted by molar-refractivity contribution is -0.139. The van der Waals surface area contributed by atoms with Crippen molar-refractivity contribution in [3.05, 3.63) is 120 Å². The number of carbonyl (C=O) groups excluding carboxylic acids is 1. The average molecular weight is 842 g/mol. The SMILES string of the molecule is CCOC(=O)C1=C(C)N=c2s/c(=C/c3cc(Br)c(OCc4ccc(Cl)c(Cl)c4)c(I)c3)c(=O)n2[C@H]1c1ccccc1OC(C)C.